The van der Waals surface area contributed by atoms with Crippen molar-refractivity contribution in [3.05, 3.63) is 29.8 Å². The molecule has 2 heterocycles. The number of amides is 2. The zero-order valence-corrected chi connectivity index (χ0v) is 14.7. The molecule has 0 saturated carbocycles. The number of fused-ring (bicyclic) bond motifs is 1. The minimum Gasteiger partial charge on any atom is -0.317 e. The number of carbonyl (C=O) groups excluding carboxylic acids is 1. The van der Waals surface area contributed by atoms with Crippen LogP contribution in [0.5, 0.6) is 0 Å². The van der Waals surface area contributed by atoms with Gasteiger partial charge in [-0.3, -0.25) is 4.90 Å². The molecule has 1 unspecified atom stereocenters. The Balaban J connectivity index is 1.56. The molecule has 132 valence electrons. The van der Waals surface area contributed by atoms with Crippen LogP contribution < -0.4 is 14.9 Å². The van der Waals surface area contributed by atoms with Gasteiger partial charge in [-0.25, -0.2) is 17.9 Å². The highest BCUT2D eigenvalue weighted by Gasteiger charge is 2.38. The van der Waals surface area contributed by atoms with Crippen LogP contribution in [-0.4, -0.2) is 64.4 Å². The van der Waals surface area contributed by atoms with Gasteiger partial charge < -0.3 is 10.2 Å². The molecule has 0 aliphatic carbocycles. The second kappa shape index (κ2) is 7.08. The van der Waals surface area contributed by atoms with Gasteiger partial charge in [0.05, 0.1) is 12.3 Å². The molecule has 3 rings (SSSR count). The Morgan fingerprint density at radius 1 is 1.29 bits per heavy atom. The minimum absolute atomic E-state index is 0.0894. The zero-order valence-electron chi connectivity index (χ0n) is 13.9. The molecule has 1 atom stereocenters. The first-order valence-electron chi connectivity index (χ1n) is 8.26. The summed E-state index contributed by atoms with van der Waals surface area (Å²) >= 11 is 0. The van der Waals surface area contributed by atoms with E-state index in [0.717, 1.165) is 56.5 Å². The van der Waals surface area contributed by atoms with Gasteiger partial charge in [-0.2, -0.15) is 0 Å². The maximum Gasteiger partial charge on any atom is 0.324 e. The van der Waals surface area contributed by atoms with Crippen LogP contribution >= 0.6 is 0 Å². The van der Waals surface area contributed by atoms with Crippen LogP contribution in [0.2, 0.25) is 0 Å². The summed E-state index contributed by atoms with van der Waals surface area (Å²) in [7, 11) is -3.12. The Kier molecular flexibility index (Phi) is 5.07. The third-order valence-corrected chi connectivity index (χ3v) is 5.20. The predicted octanol–water partition coefficient (Wildman–Crippen LogP) is 0.382. The lowest BCUT2D eigenvalue weighted by molar-refractivity contribution is 0.193. The predicted molar refractivity (Wildman–Crippen MR) is 93.7 cm³/mol. The average molecular weight is 352 g/mol. The first-order valence-corrected chi connectivity index (χ1v) is 10.2. The van der Waals surface area contributed by atoms with E-state index in [2.05, 4.69) is 10.0 Å². The molecule has 8 heteroatoms. The quantitative estimate of drug-likeness (QED) is 0.726. The van der Waals surface area contributed by atoms with Crippen LogP contribution in [0.25, 0.3) is 0 Å². The summed E-state index contributed by atoms with van der Waals surface area (Å²) in [4.78, 5) is 16.3. The van der Waals surface area contributed by atoms with Crippen LogP contribution in [0, 0.1) is 0 Å². The number of rotatable bonds is 6. The molecule has 2 saturated heterocycles. The molecule has 0 radical (unpaired) electrons. The number of nitrogens with one attached hydrogen (secondary N) is 2. The van der Waals surface area contributed by atoms with E-state index in [4.69, 9.17) is 0 Å². The molecule has 7 nitrogen and oxygen atoms in total. The van der Waals surface area contributed by atoms with Crippen molar-refractivity contribution in [2.24, 2.45) is 0 Å². The summed E-state index contributed by atoms with van der Waals surface area (Å²) in [6, 6.07) is 8.32. The van der Waals surface area contributed by atoms with Crippen LogP contribution in [-0.2, 0) is 16.4 Å². The number of hydrogen-bond acceptors (Lipinski definition) is 4. The third kappa shape index (κ3) is 4.06. The van der Waals surface area contributed by atoms with Crippen LogP contribution in [0.3, 0.4) is 0 Å². The Hall–Kier alpha value is -1.64. The van der Waals surface area contributed by atoms with Gasteiger partial charge in [0, 0.05) is 38.4 Å². The van der Waals surface area contributed by atoms with E-state index in [0.29, 0.717) is 6.54 Å². The van der Waals surface area contributed by atoms with Crippen molar-refractivity contribution in [3.8, 4) is 0 Å². The number of hydrogen-bond donors (Lipinski definition) is 2. The largest absolute Gasteiger partial charge is 0.324 e. The summed E-state index contributed by atoms with van der Waals surface area (Å²) in [5, 5.41) is 3.33. The molecule has 0 bridgehead atoms. The lowest BCUT2D eigenvalue weighted by Crippen LogP contribution is -2.49. The molecule has 1 aromatic rings. The van der Waals surface area contributed by atoms with Crippen molar-refractivity contribution in [2.75, 3.05) is 43.9 Å². The standard InChI is InChI=1S/C16H24N4O3S/c1-24(22,23)18-8-2-3-13-4-6-14(7-5-13)20-12-15-11-17-9-10-19(15)16(20)21/h4-7,15,17-18H,2-3,8-12H2,1H3. The van der Waals surface area contributed by atoms with Gasteiger partial charge in [-0.1, -0.05) is 12.1 Å². The number of sulfonamides is 1. The van der Waals surface area contributed by atoms with E-state index in [-0.39, 0.29) is 12.1 Å². The summed E-state index contributed by atoms with van der Waals surface area (Å²) < 4.78 is 24.5. The molecule has 1 aromatic carbocycles. The normalized spacial score (nSPS) is 21.2. The highest BCUT2D eigenvalue weighted by Crippen LogP contribution is 2.25. The van der Waals surface area contributed by atoms with Gasteiger partial charge in [-0.15, -0.1) is 0 Å². The van der Waals surface area contributed by atoms with E-state index < -0.39 is 10.0 Å². The molecule has 0 aromatic heterocycles. The van der Waals surface area contributed by atoms with E-state index >= 15 is 0 Å². The average Bonchev–Trinajstić information content (AvgIpc) is 2.89. The van der Waals surface area contributed by atoms with Crippen molar-refractivity contribution in [3.63, 3.8) is 0 Å². The smallest absolute Gasteiger partial charge is 0.317 e. The summed E-state index contributed by atoms with van der Waals surface area (Å²) in [5.41, 5.74) is 2.06. The van der Waals surface area contributed by atoms with E-state index in [9.17, 15) is 13.2 Å². The highest BCUT2D eigenvalue weighted by atomic mass is 32.2. The van der Waals surface area contributed by atoms with Gasteiger partial charge in [0.2, 0.25) is 10.0 Å². The van der Waals surface area contributed by atoms with Crippen LogP contribution in [0.4, 0.5) is 10.5 Å². The zero-order chi connectivity index (χ0) is 17.2. The van der Waals surface area contributed by atoms with Crippen molar-refractivity contribution in [2.45, 2.75) is 18.9 Å². The van der Waals surface area contributed by atoms with Crippen LogP contribution in [0.1, 0.15) is 12.0 Å². The molecule has 0 spiro atoms. The number of nitrogens with zero attached hydrogens (tertiary/aromatic N) is 2. The first-order chi connectivity index (χ1) is 11.4. The van der Waals surface area contributed by atoms with Crippen molar-refractivity contribution < 1.29 is 13.2 Å². The maximum atomic E-state index is 12.5. The Bertz CT molecular complexity index is 690. The minimum atomic E-state index is -3.12. The van der Waals surface area contributed by atoms with Crippen LogP contribution in [0.15, 0.2) is 24.3 Å². The van der Waals surface area contributed by atoms with Gasteiger partial charge in [0.1, 0.15) is 0 Å². The number of benzene rings is 1. The lowest BCUT2D eigenvalue weighted by atomic mass is 10.1. The summed E-state index contributed by atoms with van der Waals surface area (Å²) in [6.07, 6.45) is 2.71. The summed E-state index contributed by atoms with van der Waals surface area (Å²) in [5.74, 6) is 0. The van der Waals surface area contributed by atoms with Crippen molar-refractivity contribution in [1.29, 1.82) is 0 Å². The second-order valence-corrected chi connectivity index (χ2v) is 8.21. The van der Waals surface area contributed by atoms with E-state index in [1.165, 1.54) is 0 Å². The Morgan fingerprint density at radius 3 is 2.71 bits per heavy atom. The lowest BCUT2D eigenvalue weighted by Gasteiger charge is -2.28. The number of anilines is 1. The number of aryl methyl sites for hydroxylation is 1. The number of urea groups is 1. The van der Waals surface area contributed by atoms with E-state index in [1.807, 2.05) is 34.1 Å². The SMILES string of the molecule is CS(=O)(=O)NCCCc1ccc(N2CC3CNCCN3C2=O)cc1. The van der Waals surface area contributed by atoms with Gasteiger partial charge in [0.25, 0.3) is 0 Å². The van der Waals surface area contributed by atoms with Crippen molar-refractivity contribution >= 4 is 21.7 Å². The third-order valence-electron chi connectivity index (χ3n) is 4.47. The molecule has 2 fully saturated rings. The Labute approximate surface area is 143 Å². The summed E-state index contributed by atoms with van der Waals surface area (Å²) in [6.45, 7) is 3.65. The molecule has 2 N–H and O–H groups in total. The molecular formula is C16H24N4O3S. The molecule has 2 aliphatic rings. The molecule has 24 heavy (non-hydrogen) atoms. The highest BCUT2D eigenvalue weighted by molar-refractivity contribution is 7.88. The Morgan fingerprint density at radius 2 is 2.04 bits per heavy atom. The monoisotopic (exact) mass is 352 g/mol. The first kappa shape index (κ1) is 17.2. The topological polar surface area (TPSA) is 81.8 Å². The van der Waals surface area contributed by atoms with Gasteiger partial charge in [0.15, 0.2) is 0 Å². The molecule has 2 aliphatic heterocycles. The van der Waals surface area contributed by atoms with Crippen molar-refractivity contribution in [1.82, 2.24) is 14.9 Å². The molecule has 2 amide bonds. The molecular weight excluding hydrogens is 328 g/mol. The van der Waals surface area contributed by atoms with E-state index in [1.54, 1.807) is 0 Å². The van der Waals surface area contributed by atoms with Gasteiger partial charge >= 0.3 is 6.03 Å². The maximum absolute atomic E-state index is 12.5. The fourth-order valence-electron chi connectivity index (χ4n) is 3.23. The van der Waals surface area contributed by atoms with Gasteiger partial charge in [-0.05, 0) is 30.5 Å². The number of carbonyl (C=O) groups is 1. The fraction of sp³-hybridized carbons (Fsp3) is 0.562. The fourth-order valence-corrected chi connectivity index (χ4v) is 3.74. The second-order valence-electron chi connectivity index (χ2n) is 6.38. The number of piperazine rings is 1.